The van der Waals surface area contributed by atoms with E-state index in [1.807, 2.05) is 18.3 Å². The molecule has 1 aromatic carbocycles. The molecule has 2 bridgehead atoms. The van der Waals surface area contributed by atoms with E-state index in [9.17, 15) is 9.18 Å². The Morgan fingerprint density at radius 3 is 2.74 bits per heavy atom. The molecule has 1 saturated heterocycles. The van der Waals surface area contributed by atoms with Gasteiger partial charge in [-0.1, -0.05) is 0 Å². The van der Waals surface area contributed by atoms with Crippen LogP contribution in [0.1, 0.15) is 44.9 Å². The van der Waals surface area contributed by atoms with Crippen LogP contribution in [0.4, 0.5) is 10.2 Å². The number of anilines is 1. The molecule has 3 heterocycles. The summed E-state index contributed by atoms with van der Waals surface area (Å²) in [6, 6.07) is 9.06. The topological polar surface area (TPSA) is 91.3 Å². The molecule has 3 aliphatic rings. The van der Waals surface area contributed by atoms with Gasteiger partial charge in [-0.15, -0.1) is 0 Å². The van der Waals surface area contributed by atoms with E-state index in [0.717, 1.165) is 62.0 Å². The highest BCUT2D eigenvalue weighted by molar-refractivity contribution is 5.79. The number of ether oxygens (including phenoxy) is 1. The summed E-state index contributed by atoms with van der Waals surface area (Å²) in [4.78, 5) is 25.8. The molecule has 1 aliphatic heterocycles. The second-order valence-corrected chi connectivity index (χ2v) is 10.1. The van der Waals surface area contributed by atoms with Crippen molar-refractivity contribution in [2.45, 2.75) is 63.2 Å². The van der Waals surface area contributed by atoms with Crippen molar-refractivity contribution < 1.29 is 19.0 Å². The quantitative estimate of drug-likeness (QED) is 0.546. The van der Waals surface area contributed by atoms with Crippen molar-refractivity contribution in [2.24, 2.45) is 11.8 Å². The Morgan fingerprint density at radius 1 is 1.18 bits per heavy atom. The van der Waals surface area contributed by atoms with Crippen molar-refractivity contribution in [3.63, 3.8) is 0 Å². The lowest BCUT2D eigenvalue weighted by Gasteiger charge is -2.36. The fraction of sp³-hybridized carbons (Fsp3) is 0.500. The van der Waals surface area contributed by atoms with Crippen LogP contribution in [0, 0.1) is 17.7 Å². The number of hydrogen-bond donors (Lipinski definition) is 2. The van der Waals surface area contributed by atoms with Gasteiger partial charge in [0.25, 0.3) is 0 Å². The minimum absolute atomic E-state index is 0.275. The molecule has 6 rings (SSSR count). The first-order chi connectivity index (χ1) is 16.5. The summed E-state index contributed by atoms with van der Waals surface area (Å²) in [5, 5.41) is 9.01. The monoisotopic (exact) mass is 464 g/mol. The van der Waals surface area contributed by atoms with Crippen molar-refractivity contribution in [1.82, 2.24) is 15.0 Å². The highest BCUT2D eigenvalue weighted by atomic mass is 19.1. The minimum Gasteiger partial charge on any atom is -0.481 e. The van der Waals surface area contributed by atoms with Gasteiger partial charge in [-0.3, -0.25) is 4.79 Å². The summed E-state index contributed by atoms with van der Waals surface area (Å²) in [6.45, 7) is 0.958. The Kier molecular flexibility index (Phi) is 5.48. The normalized spacial score (nSPS) is 28.6. The Bertz CT molecular complexity index is 1190. The number of piperidine rings is 1. The maximum Gasteiger partial charge on any atom is 0.303 e. The Labute approximate surface area is 197 Å². The van der Waals surface area contributed by atoms with Crippen LogP contribution >= 0.6 is 0 Å². The number of H-pyrrole nitrogens is 1. The van der Waals surface area contributed by atoms with Crippen LogP contribution in [0.2, 0.25) is 0 Å². The van der Waals surface area contributed by atoms with Gasteiger partial charge in [0, 0.05) is 36.7 Å². The van der Waals surface area contributed by atoms with Crippen molar-refractivity contribution in [2.75, 3.05) is 11.4 Å². The number of pyridine rings is 1. The maximum absolute atomic E-state index is 13.5. The number of carbonyl (C=O) groups is 1. The van der Waals surface area contributed by atoms with Gasteiger partial charge < -0.3 is 19.7 Å². The molecule has 2 N–H and O–H groups in total. The molecule has 2 aromatic heterocycles. The summed E-state index contributed by atoms with van der Waals surface area (Å²) in [7, 11) is 0. The lowest BCUT2D eigenvalue weighted by molar-refractivity contribution is -0.138. The minimum atomic E-state index is -0.688. The first-order valence-corrected chi connectivity index (χ1v) is 12.3. The molecule has 7 nitrogen and oxygen atoms in total. The smallest absolute Gasteiger partial charge is 0.303 e. The van der Waals surface area contributed by atoms with E-state index in [2.05, 4.69) is 14.9 Å². The van der Waals surface area contributed by atoms with Gasteiger partial charge in [0.05, 0.1) is 23.2 Å². The van der Waals surface area contributed by atoms with E-state index in [1.165, 1.54) is 12.1 Å². The van der Waals surface area contributed by atoms with E-state index < -0.39 is 5.97 Å². The van der Waals surface area contributed by atoms with Crippen LogP contribution in [0.15, 0.2) is 36.5 Å². The number of benzene rings is 1. The molecule has 0 radical (unpaired) electrons. The number of carboxylic acids is 1. The molecule has 3 fully saturated rings. The van der Waals surface area contributed by atoms with Crippen LogP contribution in [0.5, 0.6) is 0 Å². The highest BCUT2D eigenvalue weighted by Crippen LogP contribution is 2.43. The van der Waals surface area contributed by atoms with Gasteiger partial charge in [0.1, 0.15) is 17.5 Å². The van der Waals surface area contributed by atoms with Gasteiger partial charge in [-0.2, -0.15) is 0 Å². The van der Waals surface area contributed by atoms with Crippen LogP contribution in [0.3, 0.4) is 0 Å². The molecule has 3 unspecified atom stereocenters. The number of halogens is 1. The molecule has 178 valence electrons. The average molecular weight is 465 g/mol. The van der Waals surface area contributed by atoms with Crippen molar-refractivity contribution in [3.8, 4) is 11.4 Å². The number of carboxylic acid groups (broad SMARTS) is 1. The molecular formula is C26H29FN4O3. The third-order valence-electron chi connectivity index (χ3n) is 7.86. The number of nitrogens with one attached hydrogen (secondary N) is 1. The first kappa shape index (κ1) is 21.5. The number of aromatic amines is 1. The standard InChI is InChI=1S/C26H29FN4O3/c27-18-4-7-21-22(11-18)30-26(29-21)16-3-8-24(28-13-16)31-14-17-10-19(31)12-23(17)34-20-5-1-15(2-6-20)9-25(32)33/h3-4,7-8,11,13,15,17,19-20,23H,1-2,5-6,9-10,12,14H2,(H,29,30)(H,32,33). The predicted molar refractivity (Wildman–Crippen MR) is 126 cm³/mol. The number of imidazole rings is 1. The summed E-state index contributed by atoms with van der Waals surface area (Å²) in [5.74, 6) is 1.52. The van der Waals surface area contributed by atoms with E-state index in [-0.39, 0.29) is 18.3 Å². The summed E-state index contributed by atoms with van der Waals surface area (Å²) in [6.07, 6.45) is 8.74. The number of rotatable bonds is 6. The summed E-state index contributed by atoms with van der Waals surface area (Å²) < 4.78 is 20.0. The lowest BCUT2D eigenvalue weighted by Crippen LogP contribution is -2.40. The van der Waals surface area contributed by atoms with Crippen molar-refractivity contribution >= 4 is 22.8 Å². The molecule has 3 aromatic rings. The largest absolute Gasteiger partial charge is 0.481 e. The molecule has 0 spiro atoms. The van der Waals surface area contributed by atoms with Crippen LogP contribution in [0.25, 0.3) is 22.4 Å². The second-order valence-electron chi connectivity index (χ2n) is 10.1. The van der Waals surface area contributed by atoms with Crippen LogP contribution < -0.4 is 4.90 Å². The first-order valence-electron chi connectivity index (χ1n) is 12.3. The summed E-state index contributed by atoms with van der Waals surface area (Å²) >= 11 is 0. The Balaban J connectivity index is 1.06. The highest BCUT2D eigenvalue weighted by Gasteiger charge is 2.46. The van der Waals surface area contributed by atoms with Gasteiger partial charge in [-0.05, 0) is 74.8 Å². The van der Waals surface area contributed by atoms with Crippen LogP contribution in [-0.2, 0) is 9.53 Å². The zero-order valence-corrected chi connectivity index (χ0v) is 19.0. The van der Waals surface area contributed by atoms with E-state index >= 15 is 0 Å². The van der Waals surface area contributed by atoms with Crippen molar-refractivity contribution in [3.05, 3.63) is 42.3 Å². The van der Waals surface area contributed by atoms with E-state index in [0.29, 0.717) is 35.3 Å². The summed E-state index contributed by atoms with van der Waals surface area (Å²) in [5.41, 5.74) is 2.29. The SMILES string of the molecule is O=C(O)CC1CCC(OC2CC3CC2CN3c2ccc(-c3nc4ccc(F)cc4[nH]3)cn2)CC1. The number of aliphatic carboxylic acids is 1. The molecule has 3 atom stereocenters. The molecule has 8 heteroatoms. The molecule has 34 heavy (non-hydrogen) atoms. The number of hydrogen-bond acceptors (Lipinski definition) is 5. The number of fused-ring (bicyclic) bond motifs is 3. The van der Waals surface area contributed by atoms with Gasteiger partial charge in [0.2, 0.25) is 0 Å². The van der Waals surface area contributed by atoms with Gasteiger partial charge >= 0.3 is 5.97 Å². The second kappa shape index (κ2) is 8.65. The molecule has 0 amide bonds. The zero-order valence-electron chi connectivity index (χ0n) is 19.0. The Hall–Kier alpha value is -3.00. The molecular weight excluding hydrogens is 435 g/mol. The fourth-order valence-corrected chi connectivity index (χ4v) is 6.13. The predicted octanol–water partition coefficient (Wildman–Crippen LogP) is 4.78. The van der Waals surface area contributed by atoms with Gasteiger partial charge in [-0.25, -0.2) is 14.4 Å². The molecule has 2 aliphatic carbocycles. The third kappa shape index (κ3) is 4.15. The number of nitrogens with zero attached hydrogens (tertiary/aromatic N) is 3. The molecule has 2 saturated carbocycles. The lowest BCUT2D eigenvalue weighted by atomic mass is 9.85. The number of aromatic nitrogens is 3. The van der Waals surface area contributed by atoms with Gasteiger partial charge in [0.15, 0.2) is 0 Å². The van der Waals surface area contributed by atoms with E-state index in [1.54, 1.807) is 6.07 Å². The zero-order chi connectivity index (χ0) is 23.2. The Morgan fingerprint density at radius 2 is 2.03 bits per heavy atom. The van der Waals surface area contributed by atoms with Crippen molar-refractivity contribution in [1.29, 1.82) is 0 Å². The third-order valence-corrected chi connectivity index (χ3v) is 7.86. The maximum atomic E-state index is 13.5. The fourth-order valence-electron chi connectivity index (χ4n) is 6.13. The van der Waals surface area contributed by atoms with E-state index in [4.69, 9.17) is 14.8 Å². The average Bonchev–Trinajstić information content (AvgIpc) is 3.54. The van der Waals surface area contributed by atoms with Crippen LogP contribution in [-0.4, -0.2) is 50.8 Å².